The monoisotopic (exact) mass is 319 g/mol. The Balaban J connectivity index is 0.000000427. The standard InChI is InChI=1S/C11H17NO.C7H6O2.H2O/c1-9(12(2)3)11(13)10-7-5-4-6-8-10;8-7(9)6-4-2-1-3-5-6;/h4-9,11,13H,1-3H3;1-5H,(H,8,9);1H2/t9-,11-;;/m0../s1. The fourth-order valence-corrected chi connectivity index (χ4v) is 1.83. The first-order chi connectivity index (χ1) is 10.4. The van der Waals surface area contributed by atoms with E-state index < -0.39 is 5.97 Å². The minimum atomic E-state index is -1.13. The smallest absolute Gasteiger partial charge is 0.130 e. The molecule has 0 aliphatic carbocycles. The second-order valence-corrected chi connectivity index (χ2v) is 5.38. The number of aliphatic hydroxyl groups is 1. The molecule has 2 rings (SSSR count). The first-order valence-electron chi connectivity index (χ1n) is 7.23. The molecule has 2 aromatic rings. The molecule has 23 heavy (non-hydrogen) atoms. The molecule has 0 heterocycles. The van der Waals surface area contributed by atoms with Crippen LogP contribution < -0.4 is 10.0 Å². The molecule has 0 aliphatic heterocycles. The van der Waals surface area contributed by atoms with Gasteiger partial charge in [0.05, 0.1) is 20.1 Å². The van der Waals surface area contributed by atoms with Crippen molar-refractivity contribution in [2.75, 3.05) is 14.1 Å². The van der Waals surface area contributed by atoms with Gasteiger partial charge >= 0.3 is 0 Å². The molecule has 5 nitrogen and oxygen atoms in total. The summed E-state index contributed by atoms with van der Waals surface area (Å²) in [4.78, 5) is 11.4. The first kappa shape index (κ1) is 20.8. The lowest BCUT2D eigenvalue weighted by Crippen LogP contribution is -3.10. The summed E-state index contributed by atoms with van der Waals surface area (Å²) in [5.41, 5.74) is 1.22. The van der Waals surface area contributed by atoms with E-state index in [4.69, 9.17) is 0 Å². The van der Waals surface area contributed by atoms with E-state index in [9.17, 15) is 15.0 Å². The van der Waals surface area contributed by atoms with E-state index in [-0.39, 0.29) is 23.2 Å². The zero-order valence-electron chi connectivity index (χ0n) is 13.7. The van der Waals surface area contributed by atoms with Crippen LogP contribution in [-0.2, 0) is 0 Å². The number of hydrogen-bond acceptors (Lipinski definition) is 3. The van der Waals surface area contributed by atoms with Gasteiger partial charge in [-0.15, -0.1) is 0 Å². The number of benzene rings is 2. The number of carboxylic acid groups (broad SMARTS) is 1. The molecule has 0 unspecified atom stereocenters. The Morgan fingerprint density at radius 3 is 1.78 bits per heavy atom. The topological polar surface area (TPSA) is 96.3 Å². The fraction of sp³-hybridized carbons (Fsp3) is 0.278. The molecule has 4 N–H and O–H groups in total. The third-order valence-corrected chi connectivity index (χ3v) is 3.53. The second-order valence-electron chi connectivity index (χ2n) is 5.38. The summed E-state index contributed by atoms with van der Waals surface area (Å²) in [6.45, 7) is 2.05. The number of hydrogen-bond donors (Lipinski definition) is 2. The normalized spacial score (nSPS) is 12.4. The van der Waals surface area contributed by atoms with Crippen LogP contribution in [0.15, 0.2) is 60.7 Å². The summed E-state index contributed by atoms with van der Waals surface area (Å²) in [6.07, 6.45) is -0.369. The number of rotatable bonds is 4. The Kier molecular flexibility index (Phi) is 9.50. The van der Waals surface area contributed by atoms with Gasteiger partial charge in [0, 0.05) is 0 Å². The maximum atomic E-state index is 10.1. The van der Waals surface area contributed by atoms with Crippen molar-refractivity contribution in [3.05, 3.63) is 71.8 Å². The molecule has 0 fully saturated rings. The molecule has 126 valence electrons. The number of aromatic carboxylic acids is 1. The van der Waals surface area contributed by atoms with Crippen LogP contribution in [0.3, 0.4) is 0 Å². The summed E-state index contributed by atoms with van der Waals surface area (Å²) in [5.74, 6) is -1.13. The van der Waals surface area contributed by atoms with E-state index >= 15 is 0 Å². The van der Waals surface area contributed by atoms with E-state index in [1.807, 2.05) is 37.3 Å². The molecular weight excluding hydrogens is 294 g/mol. The Hall–Kier alpha value is -2.21. The Labute approximate surface area is 137 Å². The maximum absolute atomic E-state index is 10.1. The van der Waals surface area contributed by atoms with Crippen molar-refractivity contribution in [2.45, 2.75) is 19.1 Å². The fourth-order valence-electron chi connectivity index (χ4n) is 1.83. The molecule has 0 saturated heterocycles. The Morgan fingerprint density at radius 1 is 1.00 bits per heavy atom. The number of carbonyl (C=O) groups excluding carboxylic acids is 1. The van der Waals surface area contributed by atoms with Crippen molar-refractivity contribution in [1.29, 1.82) is 0 Å². The molecule has 2 aromatic carbocycles. The molecule has 2 atom stereocenters. The molecule has 0 amide bonds. The van der Waals surface area contributed by atoms with Gasteiger partial charge in [-0.2, -0.15) is 0 Å². The quantitative estimate of drug-likeness (QED) is 0.793. The third-order valence-electron chi connectivity index (χ3n) is 3.53. The maximum Gasteiger partial charge on any atom is 0.130 e. The zero-order valence-corrected chi connectivity index (χ0v) is 13.7. The minimum absolute atomic E-state index is 0. The van der Waals surface area contributed by atoms with Crippen molar-refractivity contribution in [3.8, 4) is 0 Å². The van der Waals surface area contributed by atoms with E-state index in [0.29, 0.717) is 0 Å². The van der Waals surface area contributed by atoms with E-state index in [1.165, 1.54) is 17.0 Å². The highest BCUT2D eigenvalue weighted by Gasteiger charge is 2.20. The highest BCUT2D eigenvalue weighted by molar-refractivity contribution is 5.85. The number of aliphatic hydroxyl groups excluding tert-OH is 1. The largest absolute Gasteiger partial charge is 0.545 e. The number of carbonyl (C=O) groups is 1. The molecule has 0 bridgehead atoms. The van der Waals surface area contributed by atoms with Crippen LogP contribution in [0.5, 0.6) is 0 Å². The van der Waals surface area contributed by atoms with Gasteiger partial charge in [0.15, 0.2) is 0 Å². The molecule has 0 aromatic heterocycles. The zero-order chi connectivity index (χ0) is 16.5. The van der Waals surface area contributed by atoms with E-state index in [0.717, 1.165) is 5.56 Å². The van der Waals surface area contributed by atoms with Crippen LogP contribution in [0, 0.1) is 0 Å². The number of nitrogens with one attached hydrogen (secondary N) is 1. The average Bonchev–Trinajstić information content (AvgIpc) is 2.55. The summed E-state index contributed by atoms with van der Waals surface area (Å²) in [5, 5.41) is 20.0. The van der Waals surface area contributed by atoms with Crippen LogP contribution >= 0.6 is 0 Å². The Morgan fingerprint density at radius 2 is 1.43 bits per heavy atom. The van der Waals surface area contributed by atoms with Crippen molar-refractivity contribution in [2.24, 2.45) is 0 Å². The lowest BCUT2D eigenvalue weighted by Gasteiger charge is -2.22. The van der Waals surface area contributed by atoms with Crippen molar-refractivity contribution in [1.82, 2.24) is 0 Å². The molecule has 0 radical (unpaired) electrons. The van der Waals surface area contributed by atoms with Crippen LogP contribution in [0.4, 0.5) is 0 Å². The van der Waals surface area contributed by atoms with Gasteiger partial charge in [0.1, 0.15) is 12.1 Å². The average molecular weight is 319 g/mol. The van der Waals surface area contributed by atoms with Gasteiger partial charge in [0.25, 0.3) is 0 Å². The predicted octanol–water partition coefficient (Wildman–Crippen LogP) is -0.522. The summed E-state index contributed by atoms with van der Waals surface area (Å²) >= 11 is 0. The van der Waals surface area contributed by atoms with Gasteiger partial charge < -0.3 is 25.4 Å². The Bertz CT molecular complexity index is 558. The lowest BCUT2D eigenvalue weighted by molar-refractivity contribution is -0.888. The molecular formula is C18H25NO4. The van der Waals surface area contributed by atoms with Crippen molar-refractivity contribution >= 4 is 5.97 Å². The second kappa shape index (κ2) is 10.5. The molecule has 0 saturated carbocycles. The van der Waals surface area contributed by atoms with Crippen molar-refractivity contribution < 1.29 is 25.4 Å². The van der Waals surface area contributed by atoms with Gasteiger partial charge in [-0.05, 0) is 18.1 Å². The van der Waals surface area contributed by atoms with Crippen molar-refractivity contribution in [3.63, 3.8) is 0 Å². The number of quaternary nitrogens is 1. The van der Waals surface area contributed by atoms with Gasteiger partial charge in [0.2, 0.25) is 0 Å². The highest BCUT2D eigenvalue weighted by atomic mass is 16.4. The number of likely N-dealkylation sites (N-methyl/N-ethyl adjacent to an activating group) is 1. The lowest BCUT2D eigenvalue weighted by atomic mass is 10.0. The van der Waals surface area contributed by atoms with Crippen LogP contribution in [0.25, 0.3) is 0 Å². The summed E-state index contributed by atoms with van der Waals surface area (Å²) < 4.78 is 0. The van der Waals surface area contributed by atoms with Crippen LogP contribution in [-0.4, -0.2) is 36.7 Å². The SMILES string of the molecule is C[C@@H]([C@H](O)c1ccccc1)[NH+](C)C.O.O=C([O-])c1ccccc1. The third kappa shape index (κ3) is 7.06. The van der Waals surface area contributed by atoms with Gasteiger partial charge in [-0.25, -0.2) is 0 Å². The van der Waals surface area contributed by atoms with E-state index in [1.54, 1.807) is 18.2 Å². The minimum Gasteiger partial charge on any atom is -0.545 e. The van der Waals surface area contributed by atoms with Crippen LogP contribution in [0.2, 0.25) is 0 Å². The predicted molar refractivity (Wildman–Crippen MR) is 88.1 cm³/mol. The highest BCUT2D eigenvalue weighted by Crippen LogP contribution is 2.13. The molecule has 5 heteroatoms. The summed E-state index contributed by atoms with van der Waals surface area (Å²) in [7, 11) is 4.10. The van der Waals surface area contributed by atoms with Gasteiger partial charge in [-0.1, -0.05) is 60.7 Å². The van der Waals surface area contributed by atoms with E-state index in [2.05, 4.69) is 14.1 Å². The van der Waals surface area contributed by atoms with Crippen LogP contribution in [0.1, 0.15) is 28.9 Å². The molecule has 0 spiro atoms. The molecule has 0 aliphatic rings. The summed E-state index contributed by atoms with van der Waals surface area (Å²) in [6, 6.07) is 18.1. The number of carboxylic acids is 1. The first-order valence-corrected chi connectivity index (χ1v) is 7.23. The van der Waals surface area contributed by atoms with Gasteiger partial charge in [-0.3, -0.25) is 0 Å².